The lowest BCUT2D eigenvalue weighted by Crippen LogP contribution is -2.28. The average molecular weight is 639 g/mol. The third-order valence-electron chi connectivity index (χ3n) is 8.45. The number of rotatable bonds is 11. The molecule has 46 heavy (non-hydrogen) atoms. The number of nitrogens with zero attached hydrogens (tertiary/aromatic N) is 4. The van der Waals surface area contributed by atoms with Crippen LogP contribution in [0, 0.1) is 0 Å². The number of aromatic amines is 2. The first-order valence-corrected chi connectivity index (χ1v) is 18.0. The molecule has 2 aliphatic rings. The lowest BCUT2D eigenvalue weighted by atomic mass is 10.1. The van der Waals surface area contributed by atoms with E-state index < -0.39 is 10.0 Å². The lowest BCUT2D eigenvalue weighted by molar-refractivity contribution is -0.670. The number of aryl methyl sites for hydroxylation is 3. The summed E-state index contributed by atoms with van der Waals surface area (Å²) in [5.74, 6) is 0. The SMILES string of the molecule is CCCC1=Cc2nc1ccc1[nH]c(cc1CCC)c1nc(ccc3[nH]c2cc3CCC)C(CCC)=C1S(=O)(=O)Nn1cc[n+](C)c1. The molecule has 0 spiro atoms. The Balaban J connectivity index is 1.69. The van der Waals surface area contributed by atoms with Gasteiger partial charge in [0.15, 0.2) is 6.20 Å². The summed E-state index contributed by atoms with van der Waals surface area (Å²) in [6, 6.07) is 12.4. The zero-order valence-electron chi connectivity index (χ0n) is 27.4. The summed E-state index contributed by atoms with van der Waals surface area (Å²) in [4.78, 5) is 20.3. The minimum Gasteiger partial charge on any atom is -0.354 e. The van der Waals surface area contributed by atoms with Gasteiger partial charge in [-0.1, -0.05) is 53.4 Å². The van der Waals surface area contributed by atoms with Gasteiger partial charge in [0.05, 0.1) is 35.2 Å². The van der Waals surface area contributed by atoms with Crippen LogP contribution in [0.3, 0.4) is 0 Å². The van der Waals surface area contributed by atoms with Crippen LogP contribution in [0.5, 0.6) is 0 Å². The smallest absolute Gasteiger partial charge is 0.293 e. The molecule has 0 fully saturated rings. The van der Waals surface area contributed by atoms with Crippen LogP contribution < -0.4 is 9.40 Å². The highest BCUT2D eigenvalue weighted by Gasteiger charge is 2.33. The van der Waals surface area contributed by atoms with Gasteiger partial charge in [-0.15, -0.1) is 9.51 Å². The second-order valence-corrected chi connectivity index (χ2v) is 13.8. The summed E-state index contributed by atoms with van der Waals surface area (Å²) >= 11 is 0. The van der Waals surface area contributed by atoms with Crippen molar-refractivity contribution in [2.45, 2.75) is 79.1 Å². The van der Waals surface area contributed by atoms with E-state index in [9.17, 15) is 8.42 Å². The first-order chi connectivity index (χ1) is 22.2. The fourth-order valence-electron chi connectivity index (χ4n) is 6.38. The van der Waals surface area contributed by atoms with E-state index in [1.165, 1.54) is 15.8 Å². The van der Waals surface area contributed by atoms with Gasteiger partial charge in [-0.3, -0.25) is 0 Å². The highest BCUT2D eigenvalue weighted by Crippen LogP contribution is 2.39. The molecule has 0 aromatic carbocycles. The summed E-state index contributed by atoms with van der Waals surface area (Å²) < 4.78 is 31.7. The molecule has 4 aromatic rings. The molecule has 0 radical (unpaired) electrons. The molecular weight excluding hydrogens is 595 g/mol. The predicted molar refractivity (Wildman–Crippen MR) is 187 cm³/mol. The van der Waals surface area contributed by atoms with Crippen molar-refractivity contribution in [1.29, 1.82) is 0 Å². The van der Waals surface area contributed by atoms with E-state index in [0.29, 0.717) is 28.9 Å². The number of imidazole rings is 1. The molecule has 240 valence electrons. The molecule has 0 atom stereocenters. The van der Waals surface area contributed by atoms with E-state index in [1.807, 2.05) is 19.2 Å². The van der Waals surface area contributed by atoms with Gasteiger partial charge in [0.1, 0.15) is 16.8 Å². The van der Waals surface area contributed by atoms with Gasteiger partial charge < -0.3 is 9.97 Å². The molecule has 9 nitrogen and oxygen atoms in total. The first kappa shape index (κ1) is 31.5. The van der Waals surface area contributed by atoms with Crippen molar-refractivity contribution in [2.75, 3.05) is 4.83 Å². The molecule has 0 aliphatic carbocycles. The Bertz CT molecular complexity index is 2110. The molecule has 10 heteroatoms. The molecule has 0 saturated heterocycles. The normalized spacial score (nSPS) is 13.4. The van der Waals surface area contributed by atoms with Crippen LogP contribution in [0.15, 0.2) is 55.1 Å². The third-order valence-corrected chi connectivity index (χ3v) is 9.88. The second-order valence-electron chi connectivity index (χ2n) is 12.2. The molecule has 6 heterocycles. The quantitative estimate of drug-likeness (QED) is 0.148. The minimum atomic E-state index is -4.02. The van der Waals surface area contributed by atoms with Gasteiger partial charge in [-0.25, -0.2) is 14.5 Å². The zero-order valence-corrected chi connectivity index (χ0v) is 28.3. The van der Waals surface area contributed by atoms with Crippen molar-refractivity contribution in [3.8, 4) is 0 Å². The Morgan fingerprint density at radius 1 is 0.783 bits per heavy atom. The van der Waals surface area contributed by atoms with Gasteiger partial charge in [0, 0.05) is 16.6 Å². The van der Waals surface area contributed by atoms with Gasteiger partial charge >= 0.3 is 0 Å². The van der Waals surface area contributed by atoms with Crippen LogP contribution in [-0.2, 0) is 29.9 Å². The Hall–Kier alpha value is -4.44. The van der Waals surface area contributed by atoms with Crippen molar-refractivity contribution in [2.24, 2.45) is 7.05 Å². The Kier molecular flexibility index (Phi) is 8.99. The molecular formula is C36H44N7O2S+. The fraction of sp³-hybridized carbons (Fsp3) is 0.361. The molecule has 2 aliphatic heterocycles. The van der Waals surface area contributed by atoms with E-state index >= 15 is 0 Å². The van der Waals surface area contributed by atoms with Gasteiger partial charge in [0.25, 0.3) is 16.4 Å². The van der Waals surface area contributed by atoms with Crippen molar-refractivity contribution >= 4 is 54.2 Å². The van der Waals surface area contributed by atoms with Crippen LogP contribution in [0.25, 0.3) is 44.2 Å². The van der Waals surface area contributed by atoms with E-state index in [0.717, 1.165) is 78.4 Å². The Labute approximate surface area is 271 Å². The van der Waals surface area contributed by atoms with Gasteiger partial charge in [-0.05, 0) is 84.9 Å². The Morgan fingerprint density at radius 2 is 1.41 bits per heavy atom. The van der Waals surface area contributed by atoms with Crippen LogP contribution in [0.2, 0.25) is 0 Å². The average Bonchev–Trinajstić information content (AvgIpc) is 3.83. The van der Waals surface area contributed by atoms with Crippen LogP contribution >= 0.6 is 0 Å². The van der Waals surface area contributed by atoms with Crippen molar-refractivity contribution in [3.63, 3.8) is 0 Å². The summed E-state index contributed by atoms with van der Waals surface area (Å²) in [5, 5.41) is 0. The Morgan fingerprint density at radius 3 is 2.04 bits per heavy atom. The number of sulfonamides is 1. The molecule has 0 saturated carbocycles. The standard InChI is InChI=1S/C36H44N7O2S/c1-6-10-24-20-32-33-21-25(11-7-2)29(38-33)16-17-31-27(13-9-4)36(46(44,45)41-43-19-18-42(5)23-43)35(40-31)34-22-26(12-8-3)30(39-34)15-14-28(24)37-32/h14-23,38-39,41H,6-13H2,1-5H3/q+1. The van der Waals surface area contributed by atoms with Gasteiger partial charge in [0.2, 0.25) is 0 Å². The monoisotopic (exact) mass is 638 g/mol. The van der Waals surface area contributed by atoms with Crippen LogP contribution in [0.4, 0.5) is 0 Å². The lowest BCUT2D eigenvalue weighted by Gasteiger charge is -2.09. The van der Waals surface area contributed by atoms with Crippen molar-refractivity contribution < 1.29 is 13.0 Å². The number of hydrogen-bond acceptors (Lipinski definition) is 4. The number of hydrogen-bond donors (Lipinski definition) is 3. The first-order valence-electron chi connectivity index (χ1n) is 16.5. The molecule has 6 rings (SSSR count). The highest BCUT2D eigenvalue weighted by atomic mass is 32.2. The van der Waals surface area contributed by atoms with Crippen molar-refractivity contribution in [3.05, 3.63) is 89.0 Å². The minimum absolute atomic E-state index is 0.211. The van der Waals surface area contributed by atoms with E-state index in [-0.39, 0.29) is 4.91 Å². The number of H-pyrrole nitrogens is 2. The predicted octanol–water partition coefficient (Wildman–Crippen LogP) is 7.43. The molecule has 4 aromatic heterocycles. The topological polar surface area (TPSA) is 112 Å². The number of fused-ring (bicyclic) bond motifs is 10. The maximum Gasteiger partial charge on any atom is 0.293 e. The number of nitrogens with one attached hydrogen (secondary N) is 3. The maximum atomic E-state index is 14.2. The van der Waals surface area contributed by atoms with Crippen molar-refractivity contribution in [1.82, 2.24) is 24.6 Å². The highest BCUT2D eigenvalue weighted by molar-refractivity contribution is 8.01. The molecule has 0 unspecified atom stereocenters. The summed E-state index contributed by atoms with van der Waals surface area (Å²) in [6.07, 6.45) is 14.4. The van der Waals surface area contributed by atoms with E-state index in [1.54, 1.807) is 23.3 Å². The largest absolute Gasteiger partial charge is 0.354 e. The zero-order chi connectivity index (χ0) is 32.4. The van der Waals surface area contributed by atoms with Crippen LogP contribution in [-0.4, -0.2) is 33.0 Å². The summed E-state index contributed by atoms with van der Waals surface area (Å²) in [7, 11) is -2.17. The third kappa shape index (κ3) is 6.18. The molecule has 0 amide bonds. The fourth-order valence-corrected chi connectivity index (χ4v) is 7.80. The number of aromatic nitrogens is 6. The summed E-state index contributed by atoms with van der Waals surface area (Å²) in [6.45, 7) is 8.58. The molecule has 3 N–H and O–H groups in total. The second kappa shape index (κ2) is 13.1. The maximum absolute atomic E-state index is 14.2. The van der Waals surface area contributed by atoms with E-state index in [4.69, 9.17) is 9.97 Å². The van der Waals surface area contributed by atoms with Gasteiger partial charge in [-0.2, -0.15) is 8.42 Å². The van der Waals surface area contributed by atoms with E-state index in [2.05, 4.69) is 72.8 Å². The van der Waals surface area contributed by atoms with Crippen LogP contribution in [0.1, 0.15) is 100 Å². The molecule has 8 bridgehead atoms. The number of allylic oxidation sites excluding steroid dienone is 2. The summed E-state index contributed by atoms with van der Waals surface area (Å²) in [5.41, 5.74) is 10.8.